The predicted octanol–water partition coefficient (Wildman–Crippen LogP) is 3.80. The van der Waals surface area contributed by atoms with Gasteiger partial charge in [-0.05, 0) is 30.6 Å². The van der Waals surface area contributed by atoms with Crippen molar-refractivity contribution in [3.63, 3.8) is 0 Å². The second-order valence-corrected chi connectivity index (χ2v) is 13.5. The van der Waals surface area contributed by atoms with Crippen molar-refractivity contribution < 1.29 is 9.16 Å². The molecular formula is C18H31NO2Si. The number of rotatable bonds is 3. The van der Waals surface area contributed by atoms with Crippen molar-refractivity contribution >= 4 is 8.32 Å². The molecule has 1 aliphatic carbocycles. The van der Waals surface area contributed by atoms with Crippen LogP contribution in [0.3, 0.4) is 0 Å². The van der Waals surface area contributed by atoms with E-state index in [9.17, 15) is 0 Å². The maximum absolute atomic E-state index is 6.71. The van der Waals surface area contributed by atoms with Gasteiger partial charge in [0.2, 0.25) is 0 Å². The van der Waals surface area contributed by atoms with Crippen molar-refractivity contribution in [2.75, 3.05) is 20.2 Å². The van der Waals surface area contributed by atoms with E-state index in [0.29, 0.717) is 24.0 Å². The third-order valence-electron chi connectivity index (χ3n) is 6.25. The molecule has 2 aliphatic heterocycles. The van der Waals surface area contributed by atoms with Gasteiger partial charge in [-0.2, -0.15) is 0 Å². The minimum atomic E-state index is -1.72. The molecule has 0 aromatic carbocycles. The van der Waals surface area contributed by atoms with Crippen LogP contribution in [0.2, 0.25) is 18.1 Å². The van der Waals surface area contributed by atoms with Crippen LogP contribution in [-0.2, 0) is 9.16 Å². The predicted molar refractivity (Wildman–Crippen MR) is 93.3 cm³/mol. The first-order valence-electron chi connectivity index (χ1n) is 8.49. The molecule has 124 valence electrons. The van der Waals surface area contributed by atoms with E-state index in [1.165, 1.54) is 5.57 Å². The summed E-state index contributed by atoms with van der Waals surface area (Å²) in [5.74, 6) is 2.14. The first-order valence-corrected chi connectivity index (χ1v) is 11.4. The highest BCUT2D eigenvalue weighted by molar-refractivity contribution is 6.74. The molecule has 4 heteroatoms. The van der Waals surface area contributed by atoms with E-state index < -0.39 is 8.32 Å². The summed E-state index contributed by atoms with van der Waals surface area (Å²) in [6, 6.07) is 0.571. The standard InChI is InChI=1S/C18H31NO2Si/c1-12-10-19-11-13(21-22(6,7)18(2,3)4)8-15-16(20-5)9-14(12)17(15)19/h9,13-15,17H,1,8,10-11H2,2-7H3/t13-,14?,15?,17?/m1/s1. The van der Waals surface area contributed by atoms with Crippen LogP contribution in [0.1, 0.15) is 27.2 Å². The van der Waals surface area contributed by atoms with Gasteiger partial charge in [0.1, 0.15) is 0 Å². The van der Waals surface area contributed by atoms with Crippen LogP contribution in [0.5, 0.6) is 0 Å². The fourth-order valence-corrected chi connectivity index (χ4v) is 5.45. The highest BCUT2D eigenvalue weighted by atomic mass is 28.4. The zero-order chi connectivity index (χ0) is 16.3. The molecule has 0 N–H and O–H groups in total. The summed E-state index contributed by atoms with van der Waals surface area (Å²) in [5.41, 5.74) is 1.34. The van der Waals surface area contributed by atoms with E-state index in [-0.39, 0.29) is 5.04 Å². The zero-order valence-corrected chi connectivity index (χ0v) is 16.0. The lowest BCUT2D eigenvalue weighted by atomic mass is 9.87. The Morgan fingerprint density at radius 3 is 2.59 bits per heavy atom. The molecule has 3 rings (SSSR count). The minimum absolute atomic E-state index is 0.261. The second kappa shape index (κ2) is 5.22. The summed E-state index contributed by atoms with van der Waals surface area (Å²) in [5, 5.41) is 0.261. The molecule has 22 heavy (non-hydrogen) atoms. The number of hydrogen-bond acceptors (Lipinski definition) is 3. The van der Waals surface area contributed by atoms with Crippen molar-refractivity contribution in [3.05, 3.63) is 24.0 Å². The lowest BCUT2D eigenvalue weighted by Crippen LogP contribution is -2.53. The molecule has 3 nitrogen and oxygen atoms in total. The van der Waals surface area contributed by atoms with Gasteiger partial charge in [-0.15, -0.1) is 0 Å². The van der Waals surface area contributed by atoms with E-state index in [1.54, 1.807) is 7.11 Å². The summed E-state index contributed by atoms with van der Waals surface area (Å²) in [7, 11) is 0.0803. The van der Waals surface area contributed by atoms with Crippen LogP contribution >= 0.6 is 0 Å². The van der Waals surface area contributed by atoms with Crippen LogP contribution in [-0.4, -0.2) is 45.6 Å². The van der Waals surface area contributed by atoms with Crippen LogP contribution < -0.4 is 0 Å². The molecule has 2 heterocycles. The summed E-state index contributed by atoms with van der Waals surface area (Å²) >= 11 is 0. The Morgan fingerprint density at radius 2 is 2.00 bits per heavy atom. The van der Waals surface area contributed by atoms with Gasteiger partial charge in [-0.25, -0.2) is 0 Å². The molecule has 2 fully saturated rings. The summed E-state index contributed by atoms with van der Waals surface area (Å²) in [4.78, 5) is 2.58. The molecule has 0 amide bonds. The van der Waals surface area contributed by atoms with Crippen molar-refractivity contribution in [3.8, 4) is 0 Å². The molecule has 3 aliphatic rings. The van der Waals surface area contributed by atoms with Gasteiger partial charge in [0.25, 0.3) is 0 Å². The van der Waals surface area contributed by atoms with Crippen LogP contribution in [0.25, 0.3) is 0 Å². The quantitative estimate of drug-likeness (QED) is 0.583. The zero-order valence-electron chi connectivity index (χ0n) is 15.0. The average Bonchev–Trinajstić information content (AvgIpc) is 2.89. The van der Waals surface area contributed by atoms with E-state index in [1.807, 2.05) is 0 Å². The third-order valence-corrected chi connectivity index (χ3v) is 10.8. The molecular weight excluding hydrogens is 290 g/mol. The fraction of sp³-hybridized carbons (Fsp3) is 0.778. The normalized spacial score (nSPS) is 35.5. The Bertz CT molecular complexity index is 506. The van der Waals surface area contributed by atoms with E-state index in [0.717, 1.165) is 25.3 Å². The highest BCUT2D eigenvalue weighted by Gasteiger charge is 2.52. The average molecular weight is 322 g/mol. The van der Waals surface area contributed by atoms with E-state index in [2.05, 4.69) is 51.4 Å². The van der Waals surface area contributed by atoms with Gasteiger partial charge in [0.15, 0.2) is 8.32 Å². The Balaban J connectivity index is 1.79. The van der Waals surface area contributed by atoms with Crippen LogP contribution in [0.4, 0.5) is 0 Å². The molecule has 0 spiro atoms. The van der Waals surface area contributed by atoms with E-state index in [4.69, 9.17) is 9.16 Å². The maximum Gasteiger partial charge on any atom is 0.192 e. The summed E-state index contributed by atoms with van der Waals surface area (Å²) in [6.45, 7) is 18.0. The number of methoxy groups -OCH3 is 1. The number of nitrogens with zero attached hydrogens (tertiary/aromatic N) is 1. The van der Waals surface area contributed by atoms with Crippen molar-refractivity contribution in [2.45, 2.75) is 57.5 Å². The molecule has 0 aromatic heterocycles. The topological polar surface area (TPSA) is 21.7 Å². The van der Waals surface area contributed by atoms with Gasteiger partial charge in [-0.3, -0.25) is 4.90 Å². The molecule has 3 unspecified atom stereocenters. The van der Waals surface area contributed by atoms with Crippen molar-refractivity contribution in [1.29, 1.82) is 0 Å². The van der Waals surface area contributed by atoms with Gasteiger partial charge in [0.05, 0.1) is 19.0 Å². The molecule has 0 radical (unpaired) electrons. The Labute approximate surface area is 136 Å². The molecule has 0 aromatic rings. The Kier molecular flexibility index (Phi) is 3.86. The summed E-state index contributed by atoms with van der Waals surface area (Å²) in [6.07, 6.45) is 3.73. The molecule has 0 saturated carbocycles. The summed E-state index contributed by atoms with van der Waals surface area (Å²) < 4.78 is 12.4. The van der Waals surface area contributed by atoms with Gasteiger partial charge >= 0.3 is 0 Å². The lowest BCUT2D eigenvalue weighted by Gasteiger charge is -2.45. The molecule has 0 bridgehead atoms. The number of ether oxygens (including phenoxy) is 1. The third kappa shape index (κ3) is 2.49. The molecule has 4 atom stereocenters. The SMILES string of the molecule is C=C1CN2C[C@H](O[Si](C)(C)C(C)(C)C)CC3C(OC)=CC1C32. The molecule has 2 saturated heterocycles. The Morgan fingerprint density at radius 1 is 1.32 bits per heavy atom. The van der Waals surface area contributed by atoms with Crippen LogP contribution in [0.15, 0.2) is 24.0 Å². The largest absolute Gasteiger partial charge is 0.501 e. The smallest absolute Gasteiger partial charge is 0.192 e. The van der Waals surface area contributed by atoms with Gasteiger partial charge in [-0.1, -0.05) is 32.9 Å². The lowest BCUT2D eigenvalue weighted by molar-refractivity contribution is 0.0225. The number of piperidine rings is 1. The monoisotopic (exact) mass is 321 g/mol. The first kappa shape index (κ1) is 16.3. The van der Waals surface area contributed by atoms with Gasteiger partial charge < -0.3 is 9.16 Å². The van der Waals surface area contributed by atoms with Crippen LogP contribution in [0, 0.1) is 11.8 Å². The van der Waals surface area contributed by atoms with Gasteiger partial charge in [0, 0.05) is 31.0 Å². The van der Waals surface area contributed by atoms with E-state index >= 15 is 0 Å². The first-order chi connectivity index (χ1) is 10.1. The van der Waals surface area contributed by atoms with Crippen molar-refractivity contribution in [2.24, 2.45) is 11.8 Å². The number of hydrogen-bond donors (Lipinski definition) is 0. The minimum Gasteiger partial charge on any atom is -0.501 e. The Hall–Kier alpha value is -0.583. The van der Waals surface area contributed by atoms with Crippen molar-refractivity contribution in [1.82, 2.24) is 4.90 Å². The second-order valence-electron chi connectivity index (χ2n) is 8.72. The fourth-order valence-electron chi connectivity index (χ4n) is 4.09. The maximum atomic E-state index is 6.71. The highest BCUT2D eigenvalue weighted by Crippen LogP contribution is 2.49.